The average Bonchev–Trinajstić information content (AvgIpc) is 1.64. The van der Waals surface area contributed by atoms with Gasteiger partial charge in [-0.25, -0.2) is 0 Å². The van der Waals surface area contributed by atoms with E-state index in [-0.39, 0.29) is 0 Å². The molecule has 0 radical (unpaired) electrons. The molecule has 0 saturated heterocycles. The molecule has 0 bridgehead atoms. The fourth-order valence-corrected chi connectivity index (χ4v) is 0.311. The van der Waals surface area contributed by atoms with Crippen molar-refractivity contribution in [2.45, 2.75) is 5.92 Å². The largest absolute Gasteiger partial charge is 0.465 e. The molecule has 0 N–H and O–H groups in total. The van der Waals surface area contributed by atoms with E-state index < -0.39 is 13.3 Å². The number of alkyl halides is 3. The Bertz CT molecular complexity index is 140. The summed E-state index contributed by atoms with van der Waals surface area (Å²) in [7, 11) is -3.59. The highest BCUT2D eigenvalue weighted by Gasteiger charge is 2.47. The van der Waals surface area contributed by atoms with Crippen molar-refractivity contribution in [2.24, 2.45) is 0 Å². The van der Waals surface area contributed by atoms with Crippen LogP contribution in [0.15, 0.2) is 0 Å². The van der Waals surface area contributed by atoms with Gasteiger partial charge in [-0.3, -0.25) is 4.57 Å². The van der Waals surface area contributed by atoms with E-state index in [2.05, 4.69) is 4.52 Å². The zero-order chi connectivity index (χ0) is 7.71. The molecule has 0 saturated carbocycles. The second-order valence-corrected chi connectivity index (χ2v) is 4.06. The van der Waals surface area contributed by atoms with Gasteiger partial charge >= 0.3 is 13.3 Å². The van der Waals surface area contributed by atoms with Crippen LogP contribution in [0.3, 0.4) is 0 Å². The van der Waals surface area contributed by atoms with E-state index in [9.17, 15) is 17.7 Å². The molecule has 2 nitrogen and oxygen atoms in total. The first-order valence-corrected chi connectivity index (χ1v) is 4.08. The van der Waals surface area contributed by atoms with Crippen LogP contribution in [-0.4, -0.2) is 19.7 Å². The minimum absolute atomic E-state index is 0.535. The number of hydrogen-bond donors (Lipinski definition) is 0. The van der Waals surface area contributed by atoms with Crippen LogP contribution in [-0.2, 0) is 9.09 Å². The lowest BCUT2D eigenvalue weighted by molar-refractivity contribution is -0.0560. The predicted octanol–water partition coefficient (Wildman–Crippen LogP) is 2.06. The van der Waals surface area contributed by atoms with Gasteiger partial charge in [-0.2, -0.15) is 13.2 Å². The first kappa shape index (κ1) is 8.98. The molecule has 0 aromatic rings. The van der Waals surface area contributed by atoms with Crippen molar-refractivity contribution in [2.75, 3.05) is 13.8 Å². The fourth-order valence-electron chi connectivity index (χ4n) is 0.104. The van der Waals surface area contributed by atoms with E-state index in [1.54, 1.807) is 0 Å². The van der Waals surface area contributed by atoms with Gasteiger partial charge in [-0.15, -0.1) is 0 Å². The molecule has 0 heterocycles. The molecule has 0 rings (SSSR count). The van der Waals surface area contributed by atoms with E-state index in [1.165, 1.54) is 0 Å². The minimum atomic E-state index is -4.72. The molecule has 0 aromatic carbocycles. The minimum Gasteiger partial charge on any atom is -0.326 e. The van der Waals surface area contributed by atoms with Crippen LogP contribution in [0, 0.1) is 0 Å². The first-order valence-electron chi connectivity index (χ1n) is 2.01. The third-order valence-corrected chi connectivity index (χ3v) is 2.43. The van der Waals surface area contributed by atoms with E-state index in [1.807, 2.05) is 0 Å². The summed E-state index contributed by atoms with van der Waals surface area (Å²) < 4.78 is 48.3. The summed E-state index contributed by atoms with van der Waals surface area (Å²) in [5, 5.41) is 0. The summed E-state index contributed by atoms with van der Waals surface area (Å²) in [6.45, 7) is 0.535. The summed E-state index contributed by atoms with van der Waals surface area (Å²) in [4.78, 5) is 0. The molecule has 0 aliphatic heterocycles. The fraction of sp³-hybridized carbons (Fsp3) is 1.00. The van der Waals surface area contributed by atoms with Gasteiger partial charge in [0.15, 0.2) is 0 Å². The molecule has 0 aliphatic carbocycles. The van der Waals surface area contributed by atoms with Gasteiger partial charge in [0.2, 0.25) is 0 Å². The van der Waals surface area contributed by atoms with Gasteiger partial charge in [0.25, 0.3) is 0 Å². The Morgan fingerprint density at radius 3 is 1.78 bits per heavy atom. The van der Waals surface area contributed by atoms with E-state index >= 15 is 0 Å². The Kier molecular flexibility index (Phi) is 2.30. The summed E-state index contributed by atoms with van der Waals surface area (Å²) >= 11 is 0. The maximum Gasteiger partial charge on any atom is 0.465 e. The van der Waals surface area contributed by atoms with Crippen molar-refractivity contribution >= 4 is 7.37 Å². The number of rotatable bonds is 1. The maximum atomic E-state index is 11.4. The third kappa shape index (κ3) is 1.99. The third-order valence-electron chi connectivity index (χ3n) is 0.809. The van der Waals surface area contributed by atoms with Gasteiger partial charge in [0.1, 0.15) is 0 Å². The van der Waals surface area contributed by atoms with E-state index in [0.29, 0.717) is 6.66 Å². The summed E-state index contributed by atoms with van der Waals surface area (Å²) in [6.07, 6.45) is 0. The Hall–Kier alpha value is -0.0200. The van der Waals surface area contributed by atoms with Crippen LogP contribution in [0.1, 0.15) is 0 Å². The predicted molar refractivity (Wildman–Crippen MR) is 26.6 cm³/mol. The number of hydrogen-bond acceptors (Lipinski definition) is 2. The monoisotopic (exact) mass is 162 g/mol. The highest BCUT2D eigenvalue weighted by Crippen LogP contribution is 2.57. The molecule has 0 aromatic heterocycles. The van der Waals surface area contributed by atoms with Crippen LogP contribution in [0.2, 0.25) is 0 Å². The van der Waals surface area contributed by atoms with Crippen molar-refractivity contribution < 1.29 is 22.3 Å². The van der Waals surface area contributed by atoms with Crippen molar-refractivity contribution in [1.29, 1.82) is 0 Å². The zero-order valence-corrected chi connectivity index (χ0v) is 5.79. The quantitative estimate of drug-likeness (QED) is 0.551. The van der Waals surface area contributed by atoms with Crippen molar-refractivity contribution in [3.8, 4) is 0 Å². The van der Waals surface area contributed by atoms with Crippen LogP contribution in [0.25, 0.3) is 0 Å². The maximum absolute atomic E-state index is 11.4. The van der Waals surface area contributed by atoms with Crippen molar-refractivity contribution in [1.82, 2.24) is 0 Å². The van der Waals surface area contributed by atoms with Crippen molar-refractivity contribution in [3.05, 3.63) is 0 Å². The molecule has 1 unspecified atom stereocenters. The lowest BCUT2D eigenvalue weighted by Crippen LogP contribution is -2.08. The lowest BCUT2D eigenvalue weighted by atomic mass is 11.5. The summed E-state index contributed by atoms with van der Waals surface area (Å²) in [5.41, 5.74) is 0. The van der Waals surface area contributed by atoms with Gasteiger partial charge in [-0.1, -0.05) is 0 Å². The standard InChI is InChI=1S/C3H6F3O2P/c1-8-9(2,7)3(4,5)6/h1-2H3. The van der Waals surface area contributed by atoms with Gasteiger partial charge in [-0.05, 0) is 0 Å². The Balaban J connectivity index is 4.35. The van der Waals surface area contributed by atoms with E-state index in [4.69, 9.17) is 0 Å². The smallest absolute Gasteiger partial charge is 0.326 e. The molecule has 9 heavy (non-hydrogen) atoms. The molecule has 0 fully saturated rings. The van der Waals surface area contributed by atoms with Gasteiger partial charge in [0, 0.05) is 13.8 Å². The average molecular weight is 162 g/mol. The molecular formula is C3H6F3O2P. The van der Waals surface area contributed by atoms with Gasteiger partial charge in [0.05, 0.1) is 0 Å². The molecule has 6 heteroatoms. The first-order chi connectivity index (χ1) is 3.81. The van der Waals surface area contributed by atoms with E-state index in [0.717, 1.165) is 7.11 Å². The summed E-state index contributed by atoms with van der Waals surface area (Å²) in [5.74, 6) is -4.72. The highest BCUT2D eigenvalue weighted by molar-refractivity contribution is 7.59. The molecule has 0 amide bonds. The second kappa shape index (κ2) is 2.31. The Labute approximate surface area is 50.5 Å². The highest BCUT2D eigenvalue weighted by atomic mass is 31.2. The molecule has 0 aliphatic rings. The number of halogens is 3. The normalized spacial score (nSPS) is 19.2. The molecule has 0 spiro atoms. The molecular weight excluding hydrogens is 156 g/mol. The van der Waals surface area contributed by atoms with Crippen LogP contribution in [0.4, 0.5) is 13.2 Å². The van der Waals surface area contributed by atoms with Crippen LogP contribution in [0.5, 0.6) is 0 Å². The zero-order valence-electron chi connectivity index (χ0n) is 4.90. The Morgan fingerprint density at radius 1 is 1.44 bits per heavy atom. The van der Waals surface area contributed by atoms with Gasteiger partial charge < -0.3 is 4.52 Å². The SMILES string of the molecule is COP(C)(=O)C(F)(F)F. The van der Waals surface area contributed by atoms with Crippen LogP contribution < -0.4 is 0 Å². The molecule has 1 atom stereocenters. The van der Waals surface area contributed by atoms with Crippen molar-refractivity contribution in [3.63, 3.8) is 0 Å². The van der Waals surface area contributed by atoms with Crippen LogP contribution >= 0.6 is 7.37 Å². The second-order valence-electron chi connectivity index (χ2n) is 1.50. The summed E-state index contributed by atoms with van der Waals surface area (Å²) in [6, 6.07) is 0. The topological polar surface area (TPSA) is 26.3 Å². The molecule has 56 valence electrons. The Morgan fingerprint density at radius 2 is 1.78 bits per heavy atom. The lowest BCUT2D eigenvalue weighted by Gasteiger charge is -2.12.